The van der Waals surface area contributed by atoms with Crippen LogP contribution in [0.3, 0.4) is 0 Å². The highest BCUT2D eigenvalue weighted by atomic mass is 16.1. The summed E-state index contributed by atoms with van der Waals surface area (Å²) in [6.07, 6.45) is 12.3. The topological polar surface area (TPSA) is 34.1 Å². The fourth-order valence-electron chi connectivity index (χ4n) is 9.87. The standard InChI is InChI=1S/C29H44O2/c1-25(2)14-15-27(5)11-8-19-18(20(27)17-25)16-21(30)24-28(19,6)12-9-22-26(3,4)23(31)10-13-29(22,24)7/h16,19-20,22,24H,8-15,17H2,1-7H3. The lowest BCUT2D eigenvalue weighted by Gasteiger charge is -2.66. The number of ketones is 2. The quantitative estimate of drug-likeness (QED) is 0.413. The van der Waals surface area contributed by atoms with Crippen LogP contribution >= 0.6 is 0 Å². The maximum absolute atomic E-state index is 14.0. The third-order valence-electron chi connectivity index (χ3n) is 11.7. The maximum Gasteiger partial charge on any atom is 0.159 e. The average Bonchev–Trinajstić information content (AvgIpc) is 2.65. The Balaban J connectivity index is 1.59. The number of hydrogen-bond donors (Lipinski definition) is 0. The summed E-state index contributed by atoms with van der Waals surface area (Å²) in [7, 11) is 0. The van der Waals surface area contributed by atoms with Crippen molar-refractivity contribution in [1.82, 2.24) is 0 Å². The Bertz CT molecular complexity index is 862. The monoisotopic (exact) mass is 424 g/mol. The van der Waals surface area contributed by atoms with Crippen molar-refractivity contribution in [1.29, 1.82) is 0 Å². The number of rotatable bonds is 0. The molecule has 5 rings (SSSR count). The molecule has 0 spiro atoms. The van der Waals surface area contributed by atoms with Gasteiger partial charge in [-0.25, -0.2) is 0 Å². The van der Waals surface area contributed by atoms with E-state index in [1.165, 1.54) is 37.7 Å². The predicted octanol–water partition coefficient (Wildman–Crippen LogP) is 7.17. The Hall–Kier alpha value is -0.920. The first-order valence-corrected chi connectivity index (χ1v) is 13.0. The molecule has 5 aliphatic carbocycles. The molecular formula is C29H44O2. The molecule has 0 aromatic carbocycles. The minimum absolute atomic E-state index is 0.0455. The molecule has 5 aliphatic rings. The zero-order chi connectivity index (χ0) is 22.6. The van der Waals surface area contributed by atoms with Gasteiger partial charge in [0.1, 0.15) is 5.78 Å². The lowest BCUT2D eigenvalue weighted by atomic mass is 9.37. The zero-order valence-corrected chi connectivity index (χ0v) is 21.1. The molecule has 7 unspecified atom stereocenters. The van der Waals surface area contributed by atoms with Crippen molar-refractivity contribution in [2.24, 2.45) is 50.7 Å². The molecule has 0 aliphatic heterocycles. The summed E-state index contributed by atoms with van der Waals surface area (Å²) < 4.78 is 0. The first kappa shape index (κ1) is 21.9. The zero-order valence-electron chi connectivity index (χ0n) is 21.1. The van der Waals surface area contributed by atoms with Gasteiger partial charge in [0, 0.05) is 17.8 Å². The van der Waals surface area contributed by atoms with Crippen LogP contribution in [0.15, 0.2) is 11.6 Å². The molecule has 0 bridgehead atoms. The Morgan fingerprint density at radius 3 is 2.19 bits per heavy atom. The molecule has 2 nitrogen and oxygen atoms in total. The Morgan fingerprint density at radius 2 is 1.48 bits per heavy atom. The maximum atomic E-state index is 14.0. The molecule has 4 saturated carbocycles. The number of hydrogen-bond acceptors (Lipinski definition) is 2. The summed E-state index contributed by atoms with van der Waals surface area (Å²) in [5, 5.41) is 0. The highest BCUT2D eigenvalue weighted by Crippen LogP contribution is 2.70. The highest BCUT2D eigenvalue weighted by molar-refractivity contribution is 5.96. The first-order valence-electron chi connectivity index (χ1n) is 13.0. The Morgan fingerprint density at radius 1 is 0.774 bits per heavy atom. The van der Waals surface area contributed by atoms with E-state index in [0.717, 1.165) is 19.3 Å². The second-order valence-electron chi connectivity index (χ2n) is 14.4. The van der Waals surface area contributed by atoms with Gasteiger partial charge in [-0.2, -0.15) is 0 Å². The molecule has 0 aromatic rings. The van der Waals surface area contributed by atoms with E-state index in [1.807, 2.05) is 0 Å². The molecule has 7 atom stereocenters. The van der Waals surface area contributed by atoms with Crippen molar-refractivity contribution in [3.8, 4) is 0 Å². The van der Waals surface area contributed by atoms with Crippen LogP contribution in [0.1, 0.15) is 106 Å². The average molecular weight is 425 g/mol. The Labute approximate surface area is 190 Å². The van der Waals surface area contributed by atoms with Crippen molar-refractivity contribution in [3.63, 3.8) is 0 Å². The number of carbonyl (C=O) groups is 2. The van der Waals surface area contributed by atoms with E-state index in [4.69, 9.17) is 0 Å². The van der Waals surface area contributed by atoms with Crippen molar-refractivity contribution in [2.75, 3.05) is 0 Å². The molecule has 0 heterocycles. The van der Waals surface area contributed by atoms with Gasteiger partial charge in [-0.15, -0.1) is 0 Å². The molecule has 172 valence electrons. The molecule has 2 heteroatoms. The van der Waals surface area contributed by atoms with Crippen LogP contribution in [0, 0.1) is 50.7 Å². The van der Waals surface area contributed by atoms with Gasteiger partial charge in [-0.1, -0.05) is 54.0 Å². The summed E-state index contributed by atoms with van der Waals surface area (Å²) >= 11 is 0. The summed E-state index contributed by atoms with van der Waals surface area (Å²) in [5.74, 6) is 2.36. The van der Waals surface area contributed by atoms with Gasteiger partial charge in [0.2, 0.25) is 0 Å². The lowest BCUT2D eigenvalue weighted by molar-refractivity contribution is -0.175. The van der Waals surface area contributed by atoms with Crippen molar-refractivity contribution in [3.05, 3.63) is 11.6 Å². The van der Waals surface area contributed by atoms with Crippen LogP contribution in [0.4, 0.5) is 0 Å². The molecule has 4 fully saturated rings. The molecule has 0 N–H and O–H groups in total. The molecule has 0 radical (unpaired) electrons. The summed E-state index contributed by atoms with van der Waals surface area (Å²) in [6.45, 7) is 16.5. The number of Topliss-reactive ketones (excluding diaryl/α,β-unsaturated/α-hetero) is 1. The normalized spacial score (nSPS) is 50.5. The molecule has 31 heavy (non-hydrogen) atoms. The van der Waals surface area contributed by atoms with Crippen LogP contribution in [0.5, 0.6) is 0 Å². The minimum atomic E-state index is -0.295. The molecule has 0 aromatic heterocycles. The second kappa shape index (κ2) is 6.35. The van der Waals surface area contributed by atoms with E-state index in [1.54, 1.807) is 0 Å². The summed E-state index contributed by atoms with van der Waals surface area (Å²) in [5.41, 5.74) is 2.00. The molecule has 0 saturated heterocycles. The fraction of sp³-hybridized carbons (Fsp3) is 0.862. The number of carbonyl (C=O) groups excluding carboxylic acids is 2. The Kier molecular flexibility index (Phi) is 4.49. The van der Waals surface area contributed by atoms with Crippen molar-refractivity contribution in [2.45, 2.75) is 106 Å². The second-order valence-corrected chi connectivity index (χ2v) is 14.4. The fourth-order valence-corrected chi connectivity index (χ4v) is 9.87. The van der Waals surface area contributed by atoms with Crippen LogP contribution in [0.2, 0.25) is 0 Å². The van der Waals surface area contributed by atoms with Crippen LogP contribution in [0.25, 0.3) is 0 Å². The third-order valence-corrected chi connectivity index (χ3v) is 11.7. The van der Waals surface area contributed by atoms with E-state index in [0.29, 0.717) is 46.6 Å². The van der Waals surface area contributed by atoms with Crippen molar-refractivity contribution < 1.29 is 9.59 Å². The summed E-state index contributed by atoms with van der Waals surface area (Å²) in [6, 6.07) is 0. The molecular weight excluding hydrogens is 380 g/mol. The minimum Gasteiger partial charge on any atom is -0.299 e. The van der Waals surface area contributed by atoms with Crippen molar-refractivity contribution >= 4 is 11.6 Å². The summed E-state index contributed by atoms with van der Waals surface area (Å²) in [4.78, 5) is 26.8. The number of allylic oxidation sites excluding steroid dienone is 2. The van der Waals surface area contributed by atoms with Gasteiger partial charge in [-0.3, -0.25) is 9.59 Å². The van der Waals surface area contributed by atoms with Gasteiger partial charge in [0.05, 0.1) is 0 Å². The van der Waals surface area contributed by atoms with Crippen LogP contribution in [-0.4, -0.2) is 11.6 Å². The van der Waals surface area contributed by atoms with Gasteiger partial charge in [0.15, 0.2) is 5.78 Å². The first-order chi connectivity index (χ1) is 14.2. The third kappa shape index (κ3) is 2.81. The highest BCUT2D eigenvalue weighted by Gasteiger charge is 2.66. The van der Waals surface area contributed by atoms with Crippen LogP contribution in [-0.2, 0) is 9.59 Å². The largest absolute Gasteiger partial charge is 0.299 e. The van der Waals surface area contributed by atoms with E-state index < -0.39 is 0 Å². The van der Waals surface area contributed by atoms with E-state index in [-0.39, 0.29) is 22.2 Å². The predicted molar refractivity (Wildman–Crippen MR) is 125 cm³/mol. The van der Waals surface area contributed by atoms with E-state index >= 15 is 0 Å². The molecule has 0 amide bonds. The van der Waals surface area contributed by atoms with Gasteiger partial charge in [-0.05, 0) is 96.9 Å². The smallest absolute Gasteiger partial charge is 0.159 e. The SMILES string of the molecule is CC1(C)CCC2(C)CCC3C(=CC(=O)C4C3(C)CCC3C(C)(C)C(=O)CCC34C)C2C1. The van der Waals surface area contributed by atoms with E-state index in [2.05, 4.69) is 54.5 Å². The van der Waals surface area contributed by atoms with Crippen LogP contribution < -0.4 is 0 Å². The van der Waals surface area contributed by atoms with Gasteiger partial charge in [0.25, 0.3) is 0 Å². The van der Waals surface area contributed by atoms with Gasteiger partial charge >= 0.3 is 0 Å². The number of fused-ring (bicyclic) bond motifs is 7. The van der Waals surface area contributed by atoms with E-state index in [9.17, 15) is 9.59 Å². The lowest BCUT2D eigenvalue weighted by Crippen LogP contribution is -2.63. The van der Waals surface area contributed by atoms with Gasteiger partial charge < -0.3 is 0 Å².